The fourth-order valence-electron chi connectivity index (χ4n) is 1.73. The topological polar surface area (TPSA) is 70.2 Å². The lowest BCUT2D eigenvalue weighted by molar-refractivity contribution is -0.118. The average molecular weight is 342 g/mol. The van der Waals surface area contributed by atoms with E-state index in [0.29, 0.717) is 13.1 Å². The fraction of sp³-hybridized carbons (Fsp3) is 0.429. The van der Waals surface area contributed by atoms with Gasteiger partial charge in [0.2, 0.25) is 5.91 Å². The molecule has 5 nitrogen and oxygen atoms in total. The van der Waals surface area contributed by atoms with E-state index in [4.69, 9.17) is 0 Å². The van der Waals surface area contributed by atoms with Crippen LogP contribution in [-0.4, -0.2) is 31.1 Å². The van der Waals surface area contributed by atoms with Gasteiger partial charge >= 0.3 is 6.03 Å². The summed E-state index contributed by atoms with van der Waals surface area (Å²) >= 11 is 3.49. The number of halogens is 1. The van der Waals surface area contributed by atoms with Crippen LogP contribution in [0.25, 0.3) is 0 Å². The highest BCUT2D eigenvalue weighted by molar-refractivity contribution is 9.10. The summed E-state index contributed by atoms with van der Waals surface area (Å²) in [6.07, 6.45) is 0.751. The number of hydrogen-bond donors (Lipinski definition) is 3. The van der Waals surface area contributed by atoms with Crippen molar-refractivity contribution in [3.63, 3.8) is 0 Å². The highest BCUT2D eigenvalue weighted by Crippen LogP contribution is 2.17. The SMILES string of the molecule is CC(=O)NCCNC(=O)N[C@@H](C)Cc1ccccc1Br. The normalized spacial score (nSPS) is 11.6. The Kier molecular flexibility index (Phi) is 7.08. The Morgan fingerprint density at radius 1 is 1.20 bits per heavy atom. The molecule has 3 amide bonds. The van der Waals surface area contributed by atoms with Crippen molar-refractivity contribution >= 4 is 27.9 Å². The molecule has 0 unspecified atom stereocenters. The number of hydrogen-bond acceptors (Lipinski definition) is 2. The number of carbonyl (C=O) groups is 2. The van der Waals surface area contributed by atoms with Crippen LogP contribution in [0.2, 0.25) is 0 Å². The molecule has 6 heteroatoms. The van der Waals surface area contributed by atoms with Gasteiger partial charge < -0.3 is 16.0 Å². The Morgan fingerprint density at radius 3 is 2.50 bits per heavy atom. The summed E-state index contributed by atoms with van der Waals surface area (Å²) in [5, 5.41) is 8.17. The molecule has 1 atom stereocenters. The van der Waals surface area contributed by atoms with Crippen molar-refractivity contribution in [3.8, 4) is 0 Å². The molecule has 0 bridgehead atoms. The molecule has 0 spiro atoms. The summed E-state index contributed by atoms with van der Waals surface area (Å²) in [5.74, 6) is -0.102. The average Bonchev–Trinajstić information content (AvgIpc) is 2.37. The molecule has 0 radical (unpaired) electrons. The third-order valence-corrected chi connectivity index (χ3v) is 3.42. The molecule has 20 heavy (non-hydrogen) atoms. The Morgan fingerprint density at radius 2 is 1.85 bits per heavy atom. The van der Waals surface area contributed by atoms with Crippen LogP contribution in [-0.2, 0) is 11.2 Å². The third-order valence-electron chi connectivity index (χ3n) is 2.65. The number of amides is 3. The molecule has 0 aliphatic carbocycles. The Balaban J connectivity index is 2.28. The number of carbonyl (C=O) groups excluding carboxylic acids is 2. The number of urea groups is 1. The lowest BCUT2D eigenvalue weighted by Crippen LogP contribution is -2.44. The van der Waals surface area contributed by atoms with E-state index in [1.807, 2.05) is 31.2 Å². The molecule has 1 aromatic carbocycles. The van der Waals surface area contributed by atoms with Crippen molar-refractivity contribution in [2.75, 3.05) is 13.1 Å². The van der Waals surface area contributed by atoms with Crippen molar-refractivity contribution in [3.05, 3.63) is 34.3 Å². The molecule has 0 aliphatic heterocycles. The Bertz CT molecular complexity index is 465. The number of benzene rings is 1. The summed E-state index contributed by atoms with van der Waals surface area (Å²) in [6.45, 7) is 4.24. The zero-order valence-corrected chi connectivity index (χ0v) is 13.3. The van der Waals surface area contributed by atoms with Crippen LogP contribution in [0, 0.1) is 0 Å². The standard InChI is InChI=1S/C14H20BrN3O2/c1-10(9-12-5-3-4-6-13(12)15)18-14(20)17-8-7-16-11(2)19/h3-6,10H,7-9H2,1-2H3,(H,16,19)(H2,17,18,20)/t10-/m0/s1. The molecule has 1 rings (SSSR count). The van der Waals surface area contributed by atoms with Gasteiger partial charge in [0.25, 0.3) is 0 Å². The van der Waals surface area contributed by atoms with E-state index in [1.165, 1.54) is 6.92 Å². The van der Waals surface area contributed by atoms with Gasteiger partial charge in [0, 0.05) is 30.5 Å². The molecule has 0 heterocycles. The highest BCUT2D eigenvalue weighted by Gasteiger charge is 2.09. The molecular formula is C14H20BrN3O2. The van der Waals surface area contributed by atoms with E-state index in [9.17, 15) is 9.59 Å². The highest BCUT2D eigenvalue weighted by atomic mass is 79.9. The molecular weight excluding hydrogens is 322 g/mol. The second-order valence-electron chi connectivity index (χ2n) is 4.58. The minimum absolute atomic E-state index is 0.0227. The first-order chi connectivity index (χ1) is 9.49. The van der Waals surface area contributed by atoms with Crippen molar-refractivity contribution in [1.82, 2.24) is 16.0 Å². The molecule has 0 aromatic heterocycles. The van der Waals surface area contributed by atoms with Crippen LogP contribution in [0.3, 0.4) is 0 Å². The third kappa shape index (κ3) is 6.56. The molecule has 0 aliphatic rings. The fourth-order valence-corrected chi connectivity index (χ4v) is 2.18. The van der Waals surface area contributed by atoms with Gasteiger partial charge in [-0.1, -0.05) is 34.1 Å². The molecule has 110 valence electrons. The van der Waals surface area contributed by atoms with Crippen LogP contribution in [0.15, 0.2) is 28.7 Å². The maximum atomic E-state index is 11.6. The zero-order valence-electron chi connectivity index (χ0n) is 11.7. The minimum atomic E-state index is -0.227. The van der Waals surface area contributed by atoms with Gasteiger partial charge in [0.1, 0.15) is 0 Å². The maximum absolute atomic E-state index is 11.6. The Hall–Kier alpha value is -1.56. The van der Waals surface area contributed by atoms with E-state index in [1.54, 1.807) is 0 Å². The van der Waals surface area contributed by atoms with Crippen molar-refractivity contribution < 1.29 is 9.59 Å². The summed E-state index contributed by atoms with van der Waals surface area (Å²) in [4.78, 5) is 22.3. The monoisotopic (exact) mass is 341 g/mol. The van der Waals surface area contributed by atoms with Crippen molar-refractivity contribution in [2.24, 2.45) is 0 Å². The smallest absolute Gasteiger partial charge is 0.315 e. The number of rotatable bonds is 6. The predicted molar refractivity (Wildman–Crippen MR) is 82.5 cm³/mol. The molecule has 3 N–H and O–H groups in total. The maximum Gasteiger partial charge on any atom is 0.315 e. The minimum Gasteiger partial charge on any atom is -0.355 e. The molecule has 1 aromatic rings. The van der Waals surface area contributed by atoms with Gasteiger partial charge in [0.05, 0.1) is 0 Å². The van der Waals surface area contributed by atoms with Gasteiger partial charge in [0.15, 0.2) is 0 Å². The van der Waals surface area contributed by atoms with Gasteiger partial charge in [-0.05, 0) is 25.0 Å². The molecule has 0 fully saturated rings. The van der Waals surface area contributed by atoms with Crippen LogP contribution < -0.4 is 16.0 Å². The summed E-state index contributed by atoms with van der Waals surface area (Å²) < 4.78 is 1.04. The number of nitrogens with one attached hydrogen (secondary N) is 3. The lowest BCUT2D eigenvalue weighted by Gasteiger charge is -2.15. The summed E-state index contributed by atoms with van der Waals surface area (Å²) in [5.41, 5.74) is 1.15. The van der Waals surface area contributed by atoms with Crippen molar-refractivity contribution in [2.45, 2.75) is 26.3 Å². The van der Waals surface area contributed by atoms with E-state index in [2.05, 4.69) is 31.9 Å². The summed E-state index contributed by atoms with van der Waals surface area (Å²) in [6, 6.07) is 7.73. The second-order valence-corrected chi connectivity index (χ2v) is 5.43. The van der Waals surface area contributed by atoms with Gasteiger partial charge in [-0.15, -0.1) is 0 Å². The zero-order chi connectivity index (χ0) is 15.0. The second kappa shape index (κ2) is 8.58. The molecule has 0 saturated carbocycles. The first-order valence-electron chi connectivity index (χ1n) is 6.51. The van der Waals surface area contributed by atoms with Crippen LogP contribution in [0.5, 0.6) is 0 Å². The van der Waals surface area contributed by atoms with Crippen LogP contribution in [0.1, 0.15) is 19.4 Å². The lowest BCUT2D eigenvalue weighted by atomic mass is 10.1. The van der Waals surface area contributed by atoms with Gasteiger partial charge in [-0.25, -0.2) is 4.79 Å². The van der Waals surface area contributed by atoms with E-state index in [-0.39, 0.29) is 18.0 Å². The molecule has 0 saturated heterocycles. The predicted octanol–water partition coefficient (Wildman–Crippen LogP) is 1.82. The van der Waals surface area contributed by atoms with Crippen LogP contribution in [0.4, 0.5) is 4.79 Å². The summed E-state index contributed by atoms with van der Waals surface area (Å²) in [7, 11) is 0. The van der Waals surface area contributed by atoms with Gasteiger partial charge in [-0.2, -0.15) is 0 Å². The van der Waals surface area contributed by atoms with E-state index in [0.717, 1.165) is 16.5 Å². The van der Waals surface area contributed by atoms with Crippen LogP contribution >= 0.6 is 15.9 Å². The Labute approximate surface area is 127 Å². The van der Waals surface area contributed by atoms with Crippen molar-refractivity contribution in [1.29, 1.82) is 0 Å². The van der Waals surface area contributed by atoms with E-state index >= 15 is 0 Å². The quantitative estimate of drug-likeness (QED) is 0.690. The first-order valence-corrected chi connectivity index (χ1v) is 7.30. The largest absolute Gasteiger partial charge is 0.355 e. The first kappa shape index (κ1) is 16.5. The van der Waals surface area contributed by atoms with E-state index < -0.39 is 0 Å². The van der Waals surface area contributed by atoms with Gasteiger partial charge in [-0.3, -0.25) is 4.79 Å².